The Labute approximate surface area is 119 Å². The van der Waals surface area contributed by atoms with E-state index < -0.39 is 0 Å². The van der Waals surface area contributed by atoms with Gasteiger partial charge in [0.25, 0.3) is 0 Å². The summed E-state index contributed by atoms with van der Waals surface area (Å²) in [5.41, 5.74) is -0.0151. The Balaban J connectivity index is 2.13. The fraction of sp³-hybridized carbons (Fsp3) is 1.00. The summed E-state index contributed by atoms with van der Waals surface area (Å²) in [5.74, 6) is 1.61. The summed E-state index contributed by atoms with van der Waals surface area (Å²) in [5, 5.41) is 3.57. The van der Waals surface area contributed by atoms with Crippen molar-refractivity contribution in [2.45, 2.75) is 71.2 Å². The molecule has 0 amide bonds. The molecule has 0 spiro atoms. The molecule has 2 rings (SSSR count). The van der Waals surface area contributed by atoms with Crippen LogP contribution in [0.1, 0.15) is 47.5 Å². The first kappa shape index (κ1) is 15.3. The van der Waals surface area contributed by atoms with E-state index in [4.69, 9.17) is 4.74 Å². The van der Waals surface area contributed by atoms with Gasteiger partial charge in [-0.1, -0.05) is 13.8 Å². The smallest absolute Gasteiger partial charge is 0.0757 e. The lowest BCUT2D eigenvalue weighted by Gasteiger charge is -2.51. The van der Waals surface area contributed by atoms with Gasteiger partial charge in [-0.15, -0.1) is 0 Å². The highest BCUT2D eigenvalue weighted by molar-refractivity contribution is 4.97. The number of nitrogens with one attached hydrogen (secondary N) is 1. The predicted octanol–water partition coefficient (Wildman–Crippen LogP) is 2.51. The van der Waals surface area contributed by atoms with Crippen molar-refractivity contribution in [1.29, 1.82) is 0 Å². The van der Waals surface area contributed by atoms with Crippen LogP contribution >= 0.6 is 0 Å². The number of hydrogen-bond donors (Lipinski definition) is 1. The van der Waals surface area contributed by atoms with Gasteiger partial charge in [0.1, 0.15) is 0 Å². The van der Waals surface area contributed by atoms with E-state index in [0.29, 0.717) is 18.2 Å². The zero-order valence-electron chi connectivity index (χ0n) is 13.6. The maximum atomic E-state index is 6.06. The summed E-state index contributed by atoms with van der Waals surface area (Å²) < 4.78 is 6.06. The molecule has 19 heavy (non-hydrogen) atoms. The van der Waals surface area contributed by atoms with Gasteiger partial charge in [0.15, 0.2) is 0 Å². The normalized spacial score (nSPS) is 44.2. The summed E-state index contributed by atoms with van der Waals surface area (Å²) in [6, 6.07) is 1.28. The molecule has 2 fully saturated rings. The van der Waals surface area contributed by atoms with E-state index in [1.807, 2.05) is 0 Å². The van der Waals surface area contributed by atoms with Gasteiger partial charge in [0, 0.05) is 25.2 Å². The highest BCUT2D eigenvalue weighted by Crippen LogP contribution is 2.35. The van der Waals surface area contributed by atoms with Crippen LogP contribution in [0.4, 0.5) is 0 Å². The lowest BCUT2D eigenvalue weighted by Crippen LogP contribution is -2.62. The topological polar surface area (TPSA) is 24.5 Å². The van der Waals surface area contributed by atoms with Gasteiger partial charge in [0.05, 0.1) is 11.7 Å². The minimum Gasteiger partial charge on any atom is -0.370 e. The molecule has 0 aromatic heterocycles. The molecule has 5 atom stereocenters. The van der Waals surface area contributed by atoms with E-state index in [9.17, 15) is 0 Å². The Bertz CT molecular complexity index is 305. The van der Waals surface area contributed by atoms with E-state index in [2.05, 4.69) is 51.9 Å². The second-order valence-corrected chi connectivity index (χ2v) is 7.56. The van der Waals surface area contributed by atoms with Gasteiger partial charge in [-0.05, 0) is 52.5 Å². The predicted molar refractivity (Wildman–Crippen MR) is 80.4 cm³/mol. The summed E-state index contributed by atoms with van der Waals surface area (Å²) >= 11 is 0. The lowest BCUT2D eigenvalue weighted by molar-refractivity contribution is -0.148. The molecular formula is C16H32N2O. The van der Waals surface area contributed by atoms with E-state index in [-0.39, 0.29) is 5.60 Å². The number of likely N-dealkylation sites (N-methyl/N-ethyl adjacent to an activating group) is 1. The highest BCUT2D eigenvalue weighted by Gasteiger charge is 2.41. The summed E-state index contributed by atoms with van der Waals surface area (Å²) in [7, 11) is 2.12. The maximum absolute atomic E-state index is 6.06. The molecular weight excluding hydrogens is 236 g/mol. The van der Waals surface area contributed by atoms with E-state index >= 15 is 0 Å². The first-order valence-corrected chi connectivity index (χ1v) is 7.91. The third kappa shape index (κ3) is 3.50. The van der Waals surface area contributed by atoms with Crippen molar-refractivity contribution in [3.05, 3.63) is 0 Å². The first-order chi connectivity index (χ1) is 8.82. The van der Waals surface area contributed by atoms with Crippen LogP contribution in [-0.2, 0) is 4.74 Å². The summed E-state index contributed by atoms with van der Waals surface area (Å²) in [6.45, 7) is 13.6. The number of hydrogen-bond acceptors (Lipinski definition) is 3. The van der Waals surface area contributed by atoms with Gasteiger partial charge < -0.3 is 10.1 Å². The van der Waals surface area contributed by atoms with Crippen LogP contribution in [-0.4, -0.2) is 48.8 Å². The zero-order chi connectivity index (χ0) is 14.2. The second-order valence-electron chi connectivity index (χ2n) is 7.56. The summed E-state index contributed by atoms with van der Waals surface area (Å²) in [4.78, 5) is 2.69. The van der Waals surface area contributed by atoms with Crippen LogP contribution in [0, 0.1) is 11.8 Å². The molecule has 2 aliphatic rings. The van der Waals surface area contributed by atoms with Crippen LogP contribution in [0.25, 0.3) is 0 Å². The van der Waals surface area contributed by atoms with Crippen molar-refractivity contribution < 1.29 is 4.74 Å². The SMILES string of the molecule is CNC1CC(C)CC(C)C1N1CC(C)OC(C)(C)C1. The molecule has 1 heterocycles. The molecule has 0 bridgehead atoms. The Morgan fingerprint density at radius 1 is 1.16 bits per heavy atom. The standard InChI is InChI=1S/C16H32N2O/c1-11-7-12(2)15(14(8-11)17-6)18-9-13(3)19-16(4,5)10-18/h11-15,17H,7-10H2,1-6H3. The van der Waals surface area contributed by atoms with Crippen LogP contribution in [0.15, 0.2) is 0 Å². The Morgan fingerprint density at radius 3 is 2.42 bits per heavy atom. The van der Waals surface area contributed by atoms with Crippen molar-refractivity contribution in [3.8, 4) is 0 Å². The van der Waals surface area contributed by atoms with Crippen molar-refractivity contribution in [2.75, 3.05) is 20.1 Å². The number of ether oxygens (including phenoxy) is 1. The van der Waals surface area contributed by atoms with E-state index in [1.54, 1.807) is 0 Å². The largest absolute Gasteiger partial charge is 0.370 e. The maximum Gasteiger partial charge on any atom is 0.0757 e. The quantitative estimate of drug-likeness (QED) is 0.833. The van der Waals surface area contributed by atoms with Gasteiger partial charge in [-0.25, -0.2) is 0 Å². The molecule has 1 N–H and O–H groups in total. The van der Waals surface area contributed by atoms with E-state index in [0.717, 1.165) is 24.9 Å². The van der Waals surface area contributed by atoms with Crippen molar-refractivity contribution in [2.24, 2.45) is 11.8 Å². The van der Waals surface area contributed by atoms with Crippen LogP contribution < -0.4 is 5.32 Å². The number of rotatable bonds is 2. The number of nitrogens with zero attached hydrogens (tertiary/aromatic N) is 1. The monoisotopic (exact) mass is 268 g/mol. The fourth-order valence-electron chi connectivity index (χ4n) is 4.47. The molecule has 1 aliphatic heterocycles. The molecule has 0 radical (unpaired) electrons. The van der Waals surface area contributed by atoms with E-state index in [1.165, 1.54) is 12.8 Å². The molecule has 1 saturated heterocycles. The van der Waals surface area contributed by atoms with Gasteiger partial charge in [0.2, 0.25) is 0 Å². The third-order valence-corrected chi connectivity index (χ3v) is 4.81. The second kappa shape index (κ2) is 5.71. The molecule has 0 aromatic rings. The molecule has 5 unspecified atom stereocenters. The molecule has 3 heteroatoms. The van der Waals surface area contributed by atoms with Gasteiger partial charge in [-0.3, -0.25) is 4.90 Å². The average Bonchev–Trinajstić information content (AvgIpc) is 2.24. The van der Waals surface area contributed by atoms with Crippen LogP contribution in [0.5, 0.6) is 0 Å². The van der Waals surface area contributed by atoms with Crippen molar-refractivity contribution in [1.82, 2.24) is 10.2 Å². The van der Waals surface area contributed by atoms with Gasteiger partial charge in [-0.2, -0.15) is 0 Å². The molecule has 112 valence electrons. The molecule has 0 aromatic carbocycles. The fourth-order valence-corrected chi connectivity index (χ4v) is 4.47. The Kier molecular flexibility index (Phi) is 4.59. The van der Waals surface area contributed by atoms with Crippen LogP contribution in [0.3, 0.4) is 0 Å². The molecule has 1 saturated carbocycles. The van der Waals surface area contributed by atoms with Crippen molar-refractivity contribution >= 4 is 0 Å². The highest BCUT2D eigenvalue weighted by atomic mass is 16.5. The zero-order valence-corrected chi connectivity index (χ0v) is 13.6. The van der Waals surface area contributed by atoms with Crippen molar-refractivity contribution in [3.63, 3.8) is 0 Å². The van der Waals surface area contributed by atoms with Crippen LogP contribution in [0.2, 0.25) is 0 Å². The number of morpholine rings is 1. The first-order valence-electron chi connectivity index (χ1n) is 7.91. The Hall–Kier alpha value is -0.120. The molecule has 1 aliphatic carbocycles. The molecule has 3 nitrogen and oxygen atoms in total. The minimum absolute atomic E-state index is 0.0151. The third-order valence-electron chi connectivity index (χ3n) is 4.81. The Morgan fingerprint density at radius 2 is 1.84 bits per heavy atom. The average molecular weight is 268 g/mol. The minimum atomic E-state index is -0.0151. The summed E-state index contributed by atoms with van der Waals surface area (Å²) in [6.07, 6.45) is 3.00. The lowest BCUT2D eigenvalue weighted by atomic mass is 9.75. The van der Waals surface area contributed by atoms with Gasteiger partial charge >= 0.3 is 0 Å².